The van der Waals surface area contributed by atoms with Gasteiger partial charge < -0.3 is 10.3 Å². The lowest BCUT2D eigenvalue weighted by atomic mass is 10.4. The maximum Gasteiger partial charge on any atom is 0.226 e. The highest BCUT2D eigenvalue weighted by Crippen LogP contribution is 2.19. The second kappa shape index (κ2) is 4.87. The molecule has 8 heteroatoms. The zero-order valence-electron chi connectivity index (χ0n) is 11.7. The van der Waals surface area contributed by atoms with E-state index >= 15 is 0 Å². The van der Waals surface area contributed by atoms with Crippen molar-refractivity contribution in [2.24, 2.45) is 0 Å². The largest absolute Gasteiger partial charge is 0.357 e. The minimum Gasteiger partial charge on any atom is -0.357 e. The van der Waals surface area contributed by atoms with E-state index in [0.29, 0.717) is 17.4 Å². The molecule has 0 aliphatic heterocycles. The fourth-order valence-electron chi connectivity index (χ4n) is 2.02. The molecule has 0 radical (unpaired) electrons. The Morgan fingerprint density at radius 3 is 2.75 bits per heavy atom. The maximum atomic E-state index is 4.51. The van der Waals surface area contributed by atoms with E-state index in [2.05, 4.69) is 35.3 Å². The van der Waals surface area contributed by atoms with E-state index < -0.39 is 0 Å². The molecule has 3 heterocycles. The van der Waals surface area contributed by atoms with E-state index in [0.717, 1.165) is 30.0 Å². The molecule has 0 aliphatic rings. The van der Waals surface area contributed by atoms with E-state index in [-0.39, 0.29) is 0 Å². The lowest BCUT2D eigenvalue weighted by Crippen LogP contribution is -2.08. The summed E-state index contributed by atoms with van der Waals surface area (Å²) in [5.41, 5.74) is 1.36. The number of aromatic amines is 1. The smallest absolute Gasteiger partial charge is 0.226 e. The summed E-state index contributed by atoms with van der Waals surface area (Å²) in [7, 11) is 1.77. The Morgan fingerprint density at radius 2 is 2.05 bits per heavy atom. The van der Waals surface area contributed by atoms with Gasteiger partial charge in [0.25, 0.3) is 0 Å². The molecule has 0 spiro atoms. The SMILES string of the molecule is CCc1nc(CC)n(-c2nc(NC)nc3nc[nH]c23)n1. The predicted molar refractivity (Wildman–Crippen MR) is 74.9 cm³/mol. The molecule has 0 aliphatic carbocycles. The van der Waals surface area contributed by atoms with Gasteiger partial charge in [-0.3, -0.25) is 0 Å². The molecule has 3 aromatic heterocycles. The van der Waals surface area contributed by atoms with E-state index in [1.165, 1.54) is 0 Å². The first-order valence-electron chi connectivity index (χ1n) is 6.60. The molecule has 8 nitrogen and oxygen atoms in total. The van der Waals surface area contributed by atoms with Crippen LogP contribution in [0.25, 0.3) is 17.0 Å². The number of rotatable bonds is 4. The summed E-state index contributed by atoms with van der Waals surface area (Å²) >= 11 is 0. The number of fused-ring (bicyclic) bond motifs is 1. The lowest BCUT2D eigenvalue weighted by molar-refractivity contribution is 0.772. The molecule has 0 bridgehead atoms. The quantitative estimate of drug-likeness (QED) is 0.738. The van der Waals surface area contributed by atoms with E-state index in [4.69, 9.17) is 0 Å². The summed E-state index contributed by atoms with van der Waals surface area (Å²) < 4.78 is 1.77. The van der Waals surface area contributed by atoms with Gasteiger partial charge in [-0.25, -0.2) is 9.97 Å². The number of hydrogen-bond acceptors (Lipinski definition) is 6. The highest BCUT2D eigenvalue weighted by atomic mass is 15.4. The monoisotopic (exact) mass is 272 g/mol. The average molecular weight is 272 g/mol. The fraction of sp³-hybridized carbons (Fsp3) is 0.417. The second-order valence-electron chi connectivity index (χ2n) is 4.29. The molecular weight excluding hydrogens is 256 g/mol. The first kappa shape index (κ1) is 12.5. The number of H-pyrrole nitrogens is 1. The van der Waals surface area contributed by atoms with Crippen LogP contribution in [0.15, 0.2) is 6.33 Å². The second-order valence-corrected chi connectivity index (χ2v) is 4.29. The molecular formula is C12H16N8. The highest BCUT2D eigenvalue weighted by Gasteiger charge is 2.16. The number of nitrogens with one attached hydrogen (secondary N) is 2. The number of hydrogen-bond donors (Lipinski definition) is 2. The topological polar surface area (TPSA) is 97.2 Å². The molecule has 0 saturated carbocycles. The van der Waals surface area contributed by atoms with Crippen LogP contribution in [-0.4, -0.2) is 41.7 Å². The number of anilines is 1. The van der Waals surface area contributed by atoms with Crippen molar-refractivity contribution in [1.82, 2.24) is 34.7 Å². The van der Waals surface area contributed by atoms with Crippen LogP contribution in [-0.2, 0) is 12.8 Å². The normalized spacial score (nSPS) is 11.2. The predicted octanol–water partition coefficient (Wildman–Crippen LogP) is 1.10. The van der Waals surface area contributed by atoms with Crippen LogP contribution in [0.5, 0.6) is 0 Å². The standard InChI is InChI=1S/C12H16N8/c1-4-7-16-8(5-2)20(19-7)11-9-10(15-6-14-9)17-12(13-3)18-11/h6H,4-5H2,1-3H3,(H2,13,14,15,17,18). The molecule has 0 aromatic carbocycles. The molecule has 3 aromatic rings. The highest BCUT2D eigenvalue weighted by molar-refractivity contribution is 5.79. The summed E-state index contributed by atoms with van der Waals surface area (Å²) in [6, 6.07) is 0. The van der Waals surface area contributed by atoms with Gasteiger partial charge in [-0.2, -0.15) is 14.6 Å². The van der Waals surface area contributed by atoms with Gasteiger partial charge in [0.2, 0.25) is 5.95 Å². The van der Waals surface area contributed by atoms with Gasteiger partial charge in [-0.1, -0.05) is 13.8 Å². The first-order valence-corrected chi connectivity index (χ1v) is 6.60. The molecule has 20 heavy (non-hydrogen) atoms. The van der Waals surface area contributed by atoms with E-state index in [1.54, 1.807) is 18.1 Å². The van der Waals surface area contributed by atoms with Crippen molar-refractivity contribution in [2.75, 3.05) is 12.4 Å². The van der Waals surface area contributed by atoms with Crippen LogP contribution >= 0.6 is 0 Å². The van der Waals surface area contributed by atoms with Gasteiger partial charge in [0, 0.05) is 19.9 Å². The molecule has 0 fully saturated rings. The van der Waals surface area contributed by atoms with E-state index in [1.807, 2.05) is 13.8 Å². The Hall–Kier alpha value is -2.51. The Labute approximate surface area is 115 Å². The zero-order chi connectivity index (χ0) is 14.1. The van der Waals surface area contributed by atoms with Crippen molar-refractivity contribution < 1.29 is 0 Å². The van der Waals surface area contributed by atoms with Crippen molar-refractivity contribution in [3.63, 3.8) is 0 Å². The minimum absolute atomic E-state index is 0.509. The van der Waals surface area contributed by atoms with Gasteiger partial charge in [-0.15, -0.1) is 5.10 Å². The summed E-state index contributed by atoms with van der Waals surface area (Å²) in [5, 5.41) is 7.45. The van der Waals surface area contributed by atoms with Gasteiger partial charge >= 0.3 is 0 Å². The van der Waals surface area contributed by atoms with Crippen LogP contribution in [0.2, 0.25) is 0 Å². The third kappa shape index (κ3) is 1.89. The van der Waals surface area contributed by atoms with Crippen molar-refractivity contribution in [3.05, 3.63) is 18.0 Å². The average Bonchev–Trinajstić information content (AvgIpc) is 3.11. The van der Waals surface area contributed by atoms with Gasteiger partial charge in [0.1, 0.15) is 11.3 Å². The molecule has 0 amide bonds. The summed E-state index contributed by atoms with van der Waals surface area (Å²) in [6.45, 7) is 4.08. The number of imidazole rings is 1. The van der Waals surface area contributed by atoms with Gasteiger partial charge in [-0.05, 0) is 0 Å². The van der Waals surface area contributed by atoms with Gasteiger partial charge in [0.05, 0.1) is 6.33 Å². The summed E-state index contributed by atoms with van der Waals surface area (Å²) in [5.74, 6) is 2.86. The fourth-order valence-corrected chi connectivity index (χ4v) is 2.02. The summed E-state index contributed by atoms with van der Waals surface area (Å²) in [6.07, 6.45) is 3.17. The van der Waals surface area contributed by atoms with Crippen LogP contribution in [0, 0.1) is 0 Å². The first-order chi connectivity index (χ1) is 9.76. The van der Waals surface area contributed by atoms with Crippen LogP contribution in [0.4, 0.5) is 5.95 Å². The van der Waals surface area contributed by atoms with Crippen LogP contribution in [0.3, 0.4) is 0 Å². The van der Waals surface area contributed by atoms with Crippen molar-refractivity contribution in [3.8, 4) is 5.82 Å². The minimum atomic E-state index is 0.509. The molecule has 2 N–H and O–H groups in total. The molecule has 3 rings (SSSR count). The molecule has 0 atom stereocenters. The summed E-state index contributed by atoms with van der Waals surface area (Å²) in [4.78, 5) is 20.5. The van der Waals surface area contributed by atoms with Crippen molar-refractivity contribution in [2.45, 2.75) is 26.7 Å². The molecule has 0 saturated heterocycles. The Morgan fingerprint density at radius 1 is 1.20 bits per heavy atom. The van der Waals surface area contributed by atoms with Crippen molar-refractivity contribution >= 4 is 17.1 Å². The maximum absolute atomic E-state index is 4.51. The molecule has 104 valence electrons. The van der Waals surface area contributed by atoms with Crippen molar-refractivity contribution in [1.29, 1.82) is 0 Å². The Balaban J connectivity index is 2.27. The van der Waals surface area contributed by atoms with Gasteiger partial charge in [0.15, 0.2) is 17.3 Å². The Kier molecular flexibility index (Phi) is 3.05. The zero-order valence-corrected chi connectivity index (χ0v) is 11.7. The number of aromatic nitrogens is 7. The van der Waals surface area contributed by atoms with Crippen LogP contribution < -0.4 is 5.32 Å². The molecule has 0 unspecified atom stereocenters. The third-order valence-corrected chi connectivity index (χ3v) is 3.04. The Bertz CT molecular complexity index is 741. The number of nitrogens with zero attached hydrogens (tertiary/aromatic N) is 6. The number of aryl methyl sites for hydroxylation is 2. The lowest BCUT2D eigenvalue weighted by Gasteiger charge is -2.06. The van der Waals surface area contributed by atoms with E-state index in [9.17, 15) is 0 Å². The third-order valence-electron chi connectivity index (χ3n) is 3.04. The van der Waals surface area contributed by atoms with Crippen LogP contribution in [0.1, 0.15) is 25.5 Å².